The number of carboxylic acids is 2. The number of imidazole rings is 1. The van der Waals surface area contributed by atoms with Crippen LogP contribution in [0.2, 0.25) is 0 Å². The summed E-state index contributed by atoms with van der Waals surface area (Å²) in [5.41, 5.74) is 1.49. The summed E-state index contributed by atoms with van der Waals surface area (Å²) in [6.07, 6.45) is 3.53. The third-order valence-corrected chi connectivity index (χ3v) is 4.18. The smallest absolute Gasteiger partial charge is 0.321 e. The van der Waals surface area contributed by atoms with Crippen molar-refractivity contribution in [1.82, 2.24) is 14.9 Å². The van der Waals surface area contributed by atoms with Crippen LogP contribution >= 0.6 is 0 Å². The summed E-state index contributed by atoms with van der Waals surface area (Å²) < 4.78 is 14.8. The molecule has 27 heavy (non-hydrogen) atoms. The van der Waals surface area contributed by atoms with Gasteiger partial charge in [0.1, 0.15) is 17.9 Å². The molecule has 0 radical (unpaired) electrons. The van der Waals surface area contributed by atoms with Gasteiger partial charge in [-0.15, -0.1) is 0 Å². The molecule has 146 valence electrons. The first kappa shape index (κ1) is 20.6. The highest BCUT2D eigenvalue weighted by molar-refractivity contribution is 5.77. The monoisotopic (exact) mass is 377 g/mol. The van der Waals surface area contributed by atoms with E-state index in [1.165, 1.54) is 12.1 Å². The fraction of sp³-hybridized carbons (Fsp3) is 0.421. The molecule has 1 aromatic carbocycles. The maximum absolute atomic E-state index is 13.0. The Kier molecular flexibility index (Phi) is 7.06. The van der Waals surface area contributed by atoms with Crippen LogP contribution in [0.25, 0.3) is 0 Å². The van der Waals surface area contributed by atoms with E-state index in [2.05, 4.69) is 10.3 Å². The van der Waals surface area contributed by atoms with Crippen LogP contribution in [-0.2, 0) is 22.6 Å². The Bertz CT molecular complexity index is 774. The highest BCUT2D eigenvalue weighted by Gasteiger charge is 2.27. The number of carbonyl (C=O) groups is 2. The molecule has 0 saturated carbocycles. The number of aromatic nitrogens is 2. The Hall–Kier alpha value is -2.74. The number of nitrogens with one attached hydrogen (secondary N) is 1. The minimum atomic E-state index is -1.13. The summed E-state index contributed by atoms with van der Waals surface area (Å²) in [5.74, 6) is -2.42. The number of aliphatic carboxylic acids is 2. The van der Waals surface area contributed by atoms with Gasteiger partial charge < -0.3 is 14.8 Å². The molecule has 0 aliphatic rings. The van der Waals surface area contributed by atoms with Gasteiger partial charge in [0.2, 0.25) is 0 Å². The van der Waals surface area contributed by atoms with Crippen LogP contribution in [0.5, 0.6) is 0 Å². The number of rotatable bonds is 10. The minimum Gasteiger partial charge on any atom is -0.480 e. The number of hydrogen-bond donors (Lipinski definition) is 3. The van der Waals surface area contributed by atoms with Gasteiger partial charge in [-0.05, 0) is 30.0 Å². The van der Waals surface area contributed by atoms with Gasteiger partial charge in [-0.3, -0.25) is 14.9 Å². The number of carboxylic acid groups (broad SMARTS) is 2. The van der Waals surface area contributed by atoms with Crippen LogP contribution in [0.3, 0.4) is 0 Å². The predicted octanol–water partition coefficient (Wildman–Crippen LogP) is 2.16. The first-order valence-electron chi connectivity index (χ1n) is 8.71. The van der Waals surface area contributed by atoms with Crippen molar-refractivity contribution in [2.24, 2.45) is 5.92 Å². The van der Waals surface area contributed by atoms with E-state index in [1.807, 2.05) is 13.8 Å². The maximum atomic E-state index is 13.0. The quantitative estimate of drug-likeness (QED) is 0.586. The summed E-state index contributed by atoms with van der Waals surface area (Å²) >= 11 is 0. The zero-order chi connectivity index (χ0) is 20.0. The van der Waals surface area contributed by atoms with Gasteiger partial charge in [0.15, 0.2) is 0 Å². The second-order valence-electron chi connectivity index (χ2n) is 6.92. The van der Waals surface area contributed by atoms with E-state index in [9.17, 15) is 24.2 Å². The zero-order valence-electron chi connectivity index (χ0n) is 15.3. The number of benzene rings is 1. The average molecular weight is 377 g/mol. The van der Waals surface area contributed by atoms with Gasteiger partial charge >= 0.3 is 11.9 Å². The predicted molar refractivity (Wildman–Crippen MR) is 96.9 cm³/mol. The van der Waals surface area contributed by atoms with Crippen molar-refractivity contribution in [3.63, 3.8) is 0 Å². The molecule has 2 aromatic rings. The fourth-order valence-electron chi connectivity index (χ4n) is 2.83. The average Bonchev–Trinajstić information content (AvgIpc) is 3.01. The molecule has 0 bridgehead atoms. The van der Waals surface area contributed by atoms with E-state index in [1.54, 1.807) is 29.2 Å². The lowest BCUT2D eigenvalue weighted by Crippen LogP contribution is -2.49. The molecular weight excluding hydrogens is 353 g/mol. The molecule has 0 spiro atoms. The molecule has 3 N–H and O–H groups in total. The number of halogens is 1. The molecule has 0 amide bonds. The lowest BCUT2D eigenvalue weighted by Gasteiger charge is -2.22. The molecule has 1 unspecified atom stereocenters. The Morgan fingerprint density at radius 1 is 1.15 bits per heavy atom. The van der Waals surface area contributed by atoms with Gasteiger partial charge in [-0.2, -0.15) is 0 Å². The molecule has 0 saturated heterocycles. The lowest BCUT2D eigenvalue weighted by molar-refractivity contribution is -0.142. The first-order chi connectivity index (χ1) is 12.8. The Morgan fingerprint density at radius 2 is 1.78 bits per heavy atom. The van der Waals surface area contributed by atoms with Crippen LogP contribution in [0.1, 0.15) is 31.5 Å². The third kappa shape index (κ3) is 6.18. The first-order valence-corrected chi connectivity index (χ1v) is 8.71. The van der Waals surface area contributed by atoms with Gasteiger partial charge in [0.25, 0.3) is 0 Å². The van der Waals surface area contributed by atoms with E-state index >= 15 is 0 Å². The van der Waals surface area contributed by atoms with E-state index in [0.717, 1.165) is 5.56 Å². The second kappa shape index (κ2) is 9.27. The van der Waals surface area contributed by atoms with Crippen LogP contribution in [0, 0.1) is 11.7 Å². The summed E-state index contributed by atoms with van der Waals surface area (Å²) in [6, 6.07) is 4.01. The van der Waals surface area contributed by atoms with Crippen molar-refractivity contribution in [2.45, 2.75) is 45.3 Å². The van der Waals surface area contributed by atoms with Crippen LogP contribution in [0.4, 0.5) is 4.39 Å². The van der Waals surface area contributed by atoms with Crippen LogP contribution in [-0.4, -0.2) is 43.8 Å². The van der Waals surface area contributed by atoms with E-state index in [-0.39, 0.29) is 18.2 Å². The van der Waals surface area contributed by atoms with E-state index < -0.39 is 24.0 Å². The van der Waals surface area contributed by atoms with Gasteiger partial charge in [0.05, 0.1) is 6.33 Å². The lowest BCUT2D eigenvalue weighted by atomic mass is 10.0. The zero-order valence-corrected chi connectivity index (χ0v) is 15.3. The number of nitrogens with zero attached hydrogens (tertiary/aromatic N) is 2. The topological polar surface area (TPSA) is 104 Å². The van der Waals surface area contributed by atoms with Gasteiger partial charge in [0, 0.05) is 24.9 Å². The molecule has 8 heteroatoms. The SMILES string of the molecule is CC(C)CC(N[C@@H](Cc1cncn1Cc1ccc(F)cc1)C(=O)O)C(=O)O. The van der Waals surface area contributed by atoms with Crippen molar-refractivity contribution < 1.29 is 24.2 Å². The summed E-state index contributed by atoms with van der Waals surface area (Å²) in [5, 5.41) is 21.6. The van der Waals surface area contributed by atoms with Crippen molar-refractivity contribution in [3.05, 3.63) is 53.9 Å². The molecule has 1 aromatic heterocycles. The third-order valence-electron chi connectivity index (χ3n) is 4.18. The maximum Gasteiger partial charge on any atom is 0.321 e. The molecule has 0 fully saturated rings. The van der Waals surface area contributed by atoms with Crippen molar-refractivity contribution in [3.8, 4) is 0 Å². The molecule has 2 atom stereocenters. The van der Waals surface area contributed by atoms with Crippen molar-refractivity contribution in [1.29, 1.82) is 0 Å². The molecule has 0 aliphatic carbocycles. The highest BCUT2D eigenvalue weighted by atomic mass is 19.1. The summed E-state index contributed by atoms with van der Waals surface area (Å²) in [4.78, 5) is 27.1. The number of hydrogen-bond acceptors (Lipinski definition) is 4. The van der Waals surface area contributed by atoms with Crippen molar-refractivity contribution >= 4 is 11.9 Å². The Labute approximate surface area is 156 Å². The van der Waals surface area contributed by atoms with Crippen LogP contribution < -0.4 is 5.32 Å². The van der Waals surface area contributed by atoms with Gasteiger partial charge in [-0.1, -0.05) is 26.0 Å². The Morgan fingerprint density at radius 3 is 2.33 bits per heavy atom. The standard InChI is InChI=1S/C19H24FN3O4/c1-12(2)7-16(18(24)25)22-17(19(26)27)8-15-9-21-11-23(15)10-13-3-5-14(20)6-4-13/h3-6,9,11-12,16-17,22H,7-8,10H2,1-2H3,(H,24,25)(H,26,27)/t16?,17-/m0/s1. The molecular formula is C19H24FN3O4. The van der Waals surface area contributed by atoms with Gasteiger partial charge in [-0.25, -0.2) is 9.37 Å². The van der Waals surface area contributed by atoms with Crippen LogP contribution in [0.15, 0.2) is 36.8 Å². The molecule has 0 aliphatic heterocycles. The highest BCUT2D eigenvalue weighted by Crippen LogP contribution is 2.12. The molecule has 2 rings (SSSR count). The summed E-state index contributed by atoms with van der Waals surface area (Å²) in [7, 11) is 0. The fourth-order valence-corrected chi connectivity index (χ4v) is 2.83. The minimum absolute atomic E-state index is 0.0817. The normalized spacial score (nSPS) is 13.5. The van der Waals surface area contributed by atoms with E-state index in [0.29, 0.717) is 18.7 Å². The summed E-state index contributed by atoms with van der Waals surface area (Å²) in [6.45, 7) is 4.17. The second-order valence-corrected chi connectivity index (χ2v) is 6.92. The largest absolute Gasteiger partial charge is 0.480 e. The Balaban J connectivity index is 2.12. The molecule has 7 nitrogen and oxygen atoms in total. The molecule has 1 heterocycles. The van der Waals surface area contributed by atoms with E-state index in [4.69, 9.17) is 0 Å². The van der Waals surface area contributed by atoms with Crippen molar-refractivity contribution in [2.75, 3.05) is 0 Å².